The van der Waals surface area contributed by atoms with Crippen molar-refractivity contribution >= 4 is 17.9 Å². The summed E-state index contributed by atoms with van der Waals surface area (Å²) in [6.45, 7) is 11.4. The molecule has 0 aromatic carbocycles. The summed E-state index contributed by atoms with van der Waals surface area (Å²) in [5, 5.41) is 0. The van der Waals surface area contributed by atoms with Crippen molar-refractivity contribution in [1.82, 2.24) is 0 Å². The number of ether oxygens (including phenoxy) is 3. The highest BCUT2D eigenvalue weighted by Crippen LogP contribution is 2.18. The molecule has 0 aromatic rings. The quantitative estimate of drug-likeness (QED) is 0.0344. The van der Waals surface area contributed by atoms with Gasteiger partial charge in [-0.2, -0.15) is 0 Å². The molecule has 0 aliphatic carbocycles. The number of hydrogen-bond acceptors (Lipinski definition) is 6. The highest BCUT2D eigenvalue weighted by molar-refractivity contribution is 5.71. The Hall–Kier alpha value is -1.59. The molecule has 1 atom stereocenters. The van der Waals surface area contributed by atoms with Crippen molar-refractivity contribution in [3.63, 3.8) is 0 Å². The summed E-state index contributed by atoms with van der Waals surface area (Å²) in [6, 6.07) is 0. The van der Waals surface area contributed by atoms with E-state index in [1.807, 2.05) is 0 Å². The van der Waals surface area contributed by atoms with Crippen LogP contribution in [0.25, 0.3) is 0 Å². The third-order valence-electron chi connectivity index (χ3n) is 13.2. The number of esters is 3. The topological polar surface area (TPSA) is 78.9 Å². The Kier molecular flexibility index (Phi) is 49.6. The average molecular weight is 906 g/mol. The molecule has 0 saturated heterocycles. The fraction of sp³-hybridized carbons (Fsp3) is 0.948. The Bertz CT molecular complexity index is 978. The molecule has 64 heavy (non-hydrogen) atoms. The van der Waals surface area contributed by atoms with Crippen LogP contribution < -0.4 is 0 Å². The first-order valence-electron chi connectivity index (χ1n) is 28.7. The Labute approximate surface area is 399 Å². The maximum atomic E-state index is 12.8. The third kappa shape index (κ3) is 51.4. The molecule has 0 fully saturated rings. The molecule has 6 heteroatoms. The molecular weight excluding hydrogens is 793 g/mol. The molecule has 0 aliphatic rings. The Morgan fingerprint density at radius 3 is 0.766 bits per heavy atom. The first kappa shape index (κ1) is 62.4. The van der Waals surface area contributed by atoms with Crippen LogP contribution in [0.5, 0.6) is 0 Å². The molecule has 0 N–H and O–H groups in total. The van der Waals surface area contributed by atoms with Gasteiger partial charge in [0.25, 0.3) is 0 Å². The Balaban J connectivity index is 4.24. The molecule has 0 amide bonds. The first-order chi connectivity index (χ1) is 31.2. The van der Waals surface area contributed by atoms with Crippen molar-refractivity contribution in [3.05, 3.63) is 0 Å². The molecule has 0 saturated carbocycles. The zero-order valence-electron chi connectivity index (χ0n) is 43.9. The van der Waals surface area contributed by atoms with Crippen LogP contribution >= 0.6 is 0 Å². The summed E-state index contributed by atoms with van der Waals surface area (Å²) < 4.78 is 16.9. The van der Waals surface area contributed by atoms with Gasteiger partial charge in [0.05, 0.1) is 0 Å². The zero-order chi connectivity index (χ0) is 46.8. The van der Waals surface area contributed by atoms with Gasteiger partial charge in [0.1, 0.15) is 13.2 Å². The summed E-state index contributed by atoms with van der Waals surface area (Å²) in [5.41, 5.74) is 0. The number of hydrogen-bond donors (Lipinski definition) is 0. The van der Waals surface area contributed by atoms with Crippen LogP contribution in [0.2, 0.25) is 0 Å². The van der Waals surface area contributed by atoms with Crippen LogP contribution in [-0.4, -0.2) is 37.2 Å². The van der Waals surface area contributed by atoms with Crippen LogP contribution in [0.4, 0.5) is 0 Å². The maximum Gasteiger partial charge on any atom is 0.306 e. The van der Waals surface area contributed by atoms with E-state index < -0.39 is 6.10 Å². The van der Waals surface area contributed by atoms with Gasteiger partial charge in [-0.3, -0.25) is 14.4 Å². The molecule has 0 rings (SSSR count). The van der Waals surface area contributed by atoms with Crippen LogP contribution in [0.3, 0.4) is 0 Å². The van der Waals surface area contributed by atoms with Crippen molar-refractivity contribution in [2.75, 3.05) is 13.2 Å². The van der Waals surface area contributed by atoms with E-state index in [-0.39, 0.29) is 31.1 Å². The van der Waals surface area contributed by atoms with E-state index >= 15 is 0 Å². The fourth-order valence-corrected chi connectivity index (χ4v) is 8.87. The molecule has 380 valence electrons. The van der Waals surface area contributed by atoms with E-state index in [1.54, 1.807) is 0 Å². The monoisotopic (exact) mass is 905 g/mol. The fourth-order valence-electron chi connectivity index (χ4n) is 8.87. The van der Waals surface area contributed by atoms with Crippen LogP contribution in [0.1, 0.15) is 324 Å². The van der Waals surface area contributed by atoms with Crippen molar-refractivity contribution in [3.8, 4) is 0 Å². The smallest absolute Gasteiger partial charge is 0.306 e. The third-order valence-corrected chi connectivity index (χ3v) is 13.2. The average Bonchev–Trinajstić information content (AvgIpc) is 3.27. The van der Waals surface area contributed by atoms with Gasteiger partial charge < -0.3 is 14.2 Å². The molecule has 0 heterocycles. The van der Waals surface area contributed by atoms with Gasteiger partial charge in [0, 0.05) is 19.3 Å². The number of rotatable bonds is 52. The summed E-state index contributed by atoms with van der Waals surface area (Å²) in [5.74, 6) is 0.795. The second-order valence-electron chi connectivity index (χ2n) is 20.9. The second-order valence-corrected chi connectivity index (χ2v) is 20.9. The largest absolute Gasteiger partial charge is 0.462 e. The van der Waals surface area contributed by atoms with Crippen LogP contribution in [0, 0.1) is 11.8 Å². The molecular formula is C58H112O6. The van der Waals surface area contributed by atoms with Gasteiger partial charge in [-0.1, -0.05) is 285 Å². The summed E-state index contributed by atoms with van der Waals surface area (Å²) in [4.78, 5) is 38.1. The van der Waals surface area contributed by atoms with Gasteiger partial charge in [-0.25, -0.2) is 0 Å². The molecule has 0 aliphatic heterocycles. The standard InChI is InChI=1S/C58H112O6/c1-6-7-8-9-10-11-12-13-14-15-16-17-21-24-27-33-38-43-48-56(59)62-51-55(64-58(61)50-45-40-35-30-29-32-37-42-47-54(4)5)52-63-57(60)49-44-39-34-28-25-22-19-18-20-23-26-31-36-41-46-53(2)3/h53-55H,6-52H2,1-5H3/t55-/m1/s1. The van der Waals surface area contributed by atoms with E-state index in [9.17, 15) is 14.4 Å². The minimum absolute atomic E-state index is 0.0633. The SMILES string of the molecule is CCCCCCCCCCCCCCCCCCCCC(=O)OC[C@H](COC(=O)CCCCCCCCCCCCCCCCC(C)C)OC(=O)CCCCCCCCCCC(C)C. The van der Waals surface area contributed by atoms with Gasteiger partial charge >= 0.3 is 17.9 Å². The number of carbonyl (C=O) groups is 3. The Morgan fingerprint density at radius 2 is 0.516 bits per heavy atom. The normalized spacial score (nSPS) is 12.0. The first-order valence-corrected chi connectivity index (χ1v) is 28.7. The van der Waals surface area contributed by atoms with Gasteiger partial charge in [0.15, 0.2) is 6.10 Å². The lowest BCUT2D eigenvalue weighted by molar-refractivity contribution is -0.167. The molecule has 0 radical (unpaired) electrons. The van der Waals surface area contributed by atoms with E-state index in [2.05, 4.69) is 34.6 Å². The highest BCUT2D eigenvalue weighted by atomic mass is 16.6. The predicted octanol–water partition coefficient (Wildman–Crippen LogP) is 18.9. The summed E-state index contributed by atoms with van der Waals surface area (Å²) in [7, 11) is 0. The number of carbonyl (C=O) groups excluding carboxylic acids is 3. The molecule has 6 nitrogen and oxygen atoms in total. The van der Waals surface area contributed by atoms with Crippen LogP contribution in [0.15, 0.2) is 0 Å². The Morgan fingerprint density at radius 1 is 0.297 bits per heavy atom. The van der Waals surface area contributed by atoms with Crippen molar-refractivity contribution < 1.29 is 28.6 Å². The van der Waals surface area contributed by atoms with Gasteiger partial charge in [0.2, 0.25) is 0 Å². The van der Waals surface area contributed by atoms with E-state index in [4.69, 9.17) is 14.2 Å². The van der Waals surface area contributed by atoms with Crippen LogP contribution in [-0.2, 0) is 28.6 Å². The number of unbranched alkanes of at least 4 members (excludes halogenated alkanes) is 37. The van der Waals surface area contributed by atoms with Crippen molar-refractivity contribution in [2.45, 2.75) is 330 Å². The summed E-state index contributed by atoms with van der Waals surface area (Å²) >= 11 is 0. The molecule has 0 aromatic heterocycles. The van der Waals surface area contributed by atoms with Gasteiger partial charge in [-0.05, 0) is 31.1 Å². The van der Waals surface area contributed by atoms with Crippen molar-refractivity contribution in [1.29, 1.82) is 0 Å². The van der Waals surface area contributed by atoms with E-state index in [1.165, 1.54) is 212 Å². The van der Waals surface area contributed by atoms with Crippen molar-refractivity contribution in [2.24, 2.45) is 11.8 Å². The van der Waals surface area contributed by atoms with E-state index in [0.717, 1.165) is 69.6 Å². The molecule has 0 unspecified atom stereocenters. The second kappa shape index (κ2) is 50.8. The summed E-state index contributed by atoms with van der Waals surface area (Å²) in [6.07, 6.45) is 53.9. The molecule has 0 bridgehead atoms. The minimum atomic E-state index is -0.763. The zero-order valence-corrected chi connectivity index (χ0v) is 43.9. The lowest BCUT2D eigenvalue weighted by atomic mass is 10.0. The lowest BCUT2D eigenvalue weighted by Crippen LogP contribution is -2.30. The predicted molar refractivity (Wildman–Crippen MR) is 275 cm³/mol. The minimum Gasteiger partial charge on any atom is -0.462 e. The van der Waals surface area contributed by atoms with E-state index in [0.29, 0.717) is 19.3 Å². The van der Waals surface area contributed by atoms with Gasteiger partial charge in [-0.15, -0.1) is 0 Å². The molecule has 0 spiro atoms. The maximum absolute atomic E-state index is 12.8. The lowest BCUT2D eigenvalue weighted by Gasteiger charge is -2.18. The highest BCUT2D eigenvalue weighted by Gasteiger charge is 2.19.